The summed E-state index contributed by atoms with van der Waals surface area (Å²) in [6, 6.07) is 7.58. The van der Waals surface area contributed by atoms with E-state index in [0.29, 0.717) is 5.56 Å². The number of carbonyl (C=O) groups is 1. The molecule has 2 aromatic rings. The summed E-state index contributed by atoms with van der Waals surface area (Å²) in [5.74, 6) is -0.835. The van der Waals surface area contributed by atoms with Crippen LogP contribution < -0.4 is 0 Å². The molecule has 1 aromatic carbocycles. The molecule has 0 aliphatic heterocycles. The standard InChI is InChI=1S/C17H23NO4Si/c1-16(2,3)23-22-17(4,5)12-8-6-7-11(9-12)14-13(15(19)20)18-10-21-14/h6-10H,23H2,1-5H3,(H,19,20). The van der Waals surface area contributed by atoms with Crippen LogP contribution in [0.5, 0.6) is 0 Å². The lowest BCUT2D eigenvalue weighted by Gasteiger charge is -2.30. The summed E-state index contributed by atoms with van der Waals surface area (Å²) < 4.78 is 11.5. The van der Waals surface area contributed by atoms with Crippen LogP contribution in [0.15, 0.2) is 35.1 Å². The van der Waals surface area contributed by atoms with Gasteiger partial charge in [-0.1, -0.05) is 39.0 Å². The van der Waals surface area contributed by atoms with Gasteiger partial charge >= 0.3 is 5.97 Å². The van der Waals surface area contributed by atoms with Crippen molar-refractivity contribution in [2.75, 3.05) is 0 Å². The second kappa shape index (κ2) is 6.29. The Balaban J connectivity index is 2.32. The van der Waals surface area contributed by atoms with E-state index in [4.69, 9.17) is 8.84 Å². The van der Waals surface area contributed by atoms with Crippen LogP contribution in [0.4, 0.5) is 0 Å². The van der Waals surface area contributed by atoms with Crippen LogP contribution in [0.3, 0.4) is 0 Å². The van der Waals surface area contributed by atoms with Crippen molar-refractivity contribution in [2.45, 2.75) is 45.3 Å². The maximum atomic E-state index is 11.2. The number of carboxylic acid groups (broad SMARTS) is 1. The van der Waals surface area contributed by atoms with Crippen LogP contribution in [0.25, 0.3) is 11.3 Å². The zero-order chi connectivity index (χ0) is 17.3. The first-order valence-corrected chi connectivity index (χ1v) is 8.80. The highest BCUT2D eigenvalue weighted by atomic mass is 28.2. The van der Waals surface area contributed by atoms with Gasteiger partial charge in [-0.25, -0.2) is 9.78 Å². The highest BCUT2D eigenvalue weighted by Gasteiger charge is 2.26. The molecule has 0 unspecified atom stereocenters. The van der Waals surface area contributed by atoms with Crippen molar-refractivity contribution in [3.63, 3.8) is 0 Å². The minimum atomic E-state index is -1.10. The summed E-state index contributed by atoms with van der Waals surface area (Å²) in [6.45, 7) is 10.6. The highest BCUT2D eigenvalue weighted by molar-refractivity contribution is 6.31. The van der Waals surface area contributed by atoms with Gasteiger partial charge in [-0.15, -0.1) is 0 Å². The molecule has 0 atom stereocenters. The van der Waals surface area contributed by atoms with Gasteiger partial charge in [0.15, 0.2) is 27.6 Å². The maximum Gasteiger partial charge on any atom is 0.358 e. The van der Waals surface area contributed by atoms with Gasteiger partial charge in [-0.2, -0.15) is 0 Å². The van der Waals surface area contributed by atoms with Gasteiger partial charge in [0.05, 0.1) is 5.60 Å². The van der Waals surface area contributed by atoms with Crippen molar-refractivity contribution in [1.82, 2.24) is 4.98 Å². The molecule has 0 radical (unpaired) electrons. The number of rotatable bonds is 5. The van der Waals surface area contributed by atoms with Crippen molar-refractivity contribution >= 4 is 15.7 Å². The lowest BCUT2D eigenvalue weighted by Crippen LogP contribution is -2.27. The number of aromatic carboxylic acids is 1. The van der Waals surface area contributed by atoms with Gasteiger partial charge in [0.1, 0.15) is 0 Å². The molecule has 1 heterocycles. The molecule has 0 saturated heterocycles. The van der Waals surface area contributed by atoms with Gasteiger partial charge in [-0.3, -0.25) is 0 Å². The van der Waals surface area contributed by atoms with Crippen LogP contribution >= 0.6 is 0 Å². The number of nitrogens with zero attached hydrogens (tertiary/aromatic N) is 1. The Labute approximate surface area is 138 Å². The molecule has 1 N–H and O–H groups in total. The summed E-state index contributed by atoms with van der Waals surface area (Å²) in [5, 5.41) is 9.38. The lowest BCUT2D eigenvalue weighted by atomic mass is 9.95. The minimum Gasteiger partial charge on any atom is -0.476 e. The molecule has 0 spiro atoms. The fourth-order valence-corrected chi connectivity index (χ4v) is 3.08. The zero-order valence-electron chi connectivity index (χ0n) is 14.2. The first kappa shape index (κ1) is 17.4. The summed E-state index contributed by atoms with van der Waals surface area (Å²) in [4.78, 5) is 15.0. The van der Waals surface area contributed by atoms with Crippen LogP contribution in [0.1, 0.15) is 50.7 Å². The predicted octanol–water partition coefficient (Wildman–Crippen LogP) is 3.59. The van der Waals surface area contributed by atoms with E-state index in [9.17, 15) is 9.90 Å². The Kier molecular flexibility index (Phi) is 4.77. The number of oxazole rings is 1. The van der Waals surface area contributed by atoms with Crippen molar-refractivity contribution in [1.29, 1.82) is 0 Å². The Morgan fingerprint density at radius 3 is 2.57 bits per heavy atom. The first-order valence-electron chi connectivity index (χ1n) is 7.52. The third kappa shape index (κ3) is 4.30. The fraction of sp³-hybridized carbons (Fsp3) is 0.412. The molecule has 0 aliphatic rings. The third-order valence-corrected chi connectivity index (χ3v) is 5.19. The molecule has 0 saturated carbocycles. The Bertz CT molecular complexity index is 701. The molecule has 0 amide bonds. The van der Waals surface area contributed by atoms with E-state index >= 15 is 0 Å². The average molecular weight is 333 g/mol. The van der Waals surface area contributed by atoms with E-state index in [1.54, 1.807) is 0 Å². The molecule has 23 heavy (non-hydrogen) atoms. The number of hydrogen-bond donors (Lipinski definition) is 1. The van der Waals surface area contributed by atoms with Gasteiger partial charge in [0.2, 0.25) is 0 Å². The normalized spacial score (nSPS) is 12.9. The lowest BCUT2D eigenvalue weighted by molar-refractivity contribution is 0.0691. The first-order chi connectivity index (χ1) is 10.6. The van der Waals surface area contributed by atoms with Crippen molar-refractivity contribution in [3.05, 3.63) is 41.9 Å². The molecule has 0 aliphatic carbocycles. The molecule has 2 rings (SSSR count). The van der Waals surface area contributed by atoms with E-state index in [2.05, 4.69) is 25.8 Å². The molecule has 5 nitrogen and oxygen atoms in total. The SMILES string of the molecule is CC(C)(C)[SiH2]OC(C)(C)c1cccc(-c2ocnc2C(=O)O)c1. The molecular weight excluding hydrogens is 310 g/mol. The summed E-state index contributed by atoms with van der Waals surface area (Å²) in [7, 11) is -0.713. The molecule has 0 bridgehead atoms. The van der Waals surface area contributed by atoms with Crippen molar-refractivity contribution < 1.29 is 18.7 Å². The summed E-state index contributed by atoms with van der Waals surface area (Å²) in [5.41, 5.74) is 1.16. The topological polar surface area (TPSA) is 72.6 Å². The predicted molar refractivity (Wildman–Crippen MR) is 91.3 cm³/mol. The van der Waals surface area contributed by atoms with Crippen molar-refractivity contribution in [3.8, 4) is 11.3 Å². The largest absolute Gasteiger partial charge is 0.476 e. The number of hydrogen-bond acceptors (Lipinski definition) is 4. The van der Waals surface area contributed by atoms with Crippen LogP contribution in [-0.4, -0.2) is 25.8 Å². The molecule has 1 aromatic heterocycles. The molecule has 124 valence electrons. The zero-order valence-corrected chi connectivity index (χ0v) is 15.6. The Morgan fingerprint density at radius 2 is 1.96 bits per heavy atom. The summed E-state index contributed by atoms with van der Waals surface area (Å²) in [6.07, 6.45) is 1.15. The van der Waals surface area contributed by atoms with Crippen molar-refractivity contribution in [2.24, 2.45) is 0 Å². The average Bonchev–Trinajstić information content (AvgIpc) is 2.94. The van der Waals surface area contributed by atoms with Crippen LogP contribution in [0, 0.1) is 0 Å². The third-order valence-electron chi connectivity index (χ3n) is 3.46. The smallest absolute Gasteiger partial charge is 0.358 e. The highest BCUT2D eigenvalue weighted by Crippen LogP contribution is 2.32. The number of carboxylic acids is 1. The van der Waals surface area contributed by atoms with Gasteiger partial charge < -0.3 is 13.9 Å². The molecule has 6 heteroatoms. The Morgan fingerprint density at radius 1 is 1.26 bits per heavy atom. The van der Waals surface area contributed by atoms with E-state index < -0.39 is 21.3 Å². The molecule has 0 fully saturated rings. The monoisotopic (exact) mass is 333 g/mol. The maximum absolute atomic E-state index is 11.2. The second-order valence-corrected chi connectivity index (χ2v) is 9.97. The van der Waals surface area contributed by atoms with Gasteiger partial charge in [0, 0.05) is 5.56 Å². The quantitative estimate of drug-likeness (QED) is 0.847. The fourth-order valence-electron chi connectivity index (χ4n) is 2.12. The number of aromatic nitrogens is 1. The van der Waals surface area contributed by atoms with E-state index in [1.807, 2.05) is 38.1 Å². The number of benzene rings is 1. The minimum absolute atomic E-state index is 0.0788. The second-order valence-electron chi connectivity index (χ2n) is 7.28. The van der Waals surface area contributed by atoms with Crippen LogP contribution in [-0.2, 0) is 10.0 Å². The van der Waals surface area contributed by atoms with E-state index in [-0.39, 0.29) is 16.5 Å². The van der Waals surface area contributed by atoms with Crippen LogP contribution in [0.2, 0.25) is 5.04 Å². The molecular formula is C17H23NO4Si. The Hall–Kier alpha value is -1.92. The van der Waals surface area contributed by atoms with E-state index in [1.165, 1.54) is 0 Å². The summed E-state index contributed by atoms with van der Waals surface area (Å²) >= 11 is 0. The van der Waals surface area contributed by atoms with E-state index in [0.717, 1.165) is 12.0 Å². The van der Waals surface area contributed by atoms with Gasteiger partial charge in [0.25, 0.3) is 0 Å². The van der Waals surface area contributed by atoms with Gasteiger partial charge in [-0.05, 0) is 30.5 Å².